The van der Waals surface area contributed by atoms with Gasteiger partial charge in [-0.2, -0.15) is 74.6 Å². The molecular formula is C16H16F17I. The lowest BCUT2D eigenvalue weighted by molar-refractivity contribution is -0.463. The molecule has 206 valence electrons. The van der Waals surface area contributed by atoms with E-state index in [0.717, 1.165) is 22.6 Å². The zero-order valence-electron chi connectivity index (χ0n) is 16.8. The molecule has 0 aromatic heterocycles. The van der Waals surface area contributed by atoms with E-state index in [2.05, 4.69) is 0 Å². The van der Waals surface area contributed by atoms with Crippen molar-refractivity contribution in [2.45, 2.75) is 91.1 Å². The van der Waals surface area contributed by atoms with Crippen LogP contribution in [0.4, 0.5) is 74.6 Å². The smallest absolute Gasteiger partial charge is 0.199 e. The second-order valence-electron chi connectivity index (χ2n) is 7.24. The minimum absolute atomic E-state index is 0.0229. The molecule has 0 aliphatic rings. The summed E-state index contributed by atoms with van der Waals surface area (Å²) in [7, 11) is 0. The third kappa shape index (κ3) is 4.77. The van der Waals surface area contributed by atoms with Crippen LogP contribution in [-0.2, 0) is 0 Å². The maximum absolute atomic E-state index is 14.3. The van der Waals surface area contributed by atoms with Crippen molar-refractivity contribution in [1.29, 1.82) is 0 Å². The van der Waals surface area contributed by atoms with Gasteiger partial charge in [0.25, 0.3) is 0 Å². The fourth-order valence-electron chi connectivity index (χ4n) is 2.75. The molecule has 0 aromatic rings. The van der Waals surface area contributed by atoms with Crippen molar-refractivity contribution in [2.24, 2.45) is 5.92 Å². The lowest BCUT2D eigenvalue weighted by Crippen LogP contribution is -2.75. The zero-order chi connectivity index (χ0) is 28.0. The Morgan fingerprint density at radius 1 is 0.529 bits per heavy atom. The average Bonchev–Trinajstić information content (AvgIpc) is 2.64. The zero-order valence-corrected chi connectivity index (χ0v) is 18.9. The molecule has 0 aliphatic heterocycles. The molecule has 34 heavy (non-hydrogen) atoms. The minimum atomic E-state index is -8.59. The van der Waals surface area contributed by atoms with Crippen molar-refractivity contribution in [2.75, 3.05) is 0 Å². The van der Waals surface area contributed by atoms with E-state index in [9.17, 15) is 74.6 Å². The average molecular weight is 658 g/mol. The molecule has 0 rings (SSSR count). The van der Waals surface area contributed by atoms with E-state index >= 15 is 0 Å². The number of hydrogen-bond donors (Lipinski definition) is 0. The maximum atomic E-state index is 14.3. The van der Waals surface area contributed by atoms with Crippen molar-refractivity contribution in [3.05, 3.63) is 0 Å². The first-order valence-electron chi connectivity index (χ1n) is 9.03. The van der Waals surface area contributed by atoms with Gasteiger partial charge < -0.3 is 0 Å². The summed E-state index contributed by atoms with van der Waals surface area (Å²) in [6, 6.07) is 0. The van der Waals surface area contributed by atoms with Gasteiger partial charge >= 0.3 is 47.6 Å². The summed E-state index contributed by atoms with van der Waals surface area (Å²) >= 11 is 1.05. The predicted molar refractivity (Wildman–Crippen MR) is 91.8 cm³/mol. The van der Waals surface area contributed by atoms with Crippen LogP contribution in [0.25, 0.3) is 0 Å². The third-order valence-electron chi connectivity index (χ3n) is 4.92. The Labute approximate surface area is 194 Å². The molecule has 0 aromatic carbocycles. The first-order chi connectivity index (χ1) is 14.7. The Balaban J connectivity index is 6.76. The molecule has 0 spiro atoms. The van der Waals surface area contributed by atoms with Gasteiger partial charge in [0, 0.05) is 9.84 Å². The van der Waals surface area contributed by atoms with E-state index in [4.69, 9.17) is 0 Å². The van der Waals surface area contributed by atoms with Crippen molar-refractivity contribution in [3.63, 3.8) is 0 Å². The van der Waals surface area contributed by atoms with Crippen LogP contribution in [-0.4, -0.2) is 51.6 Å². The summed E-state index contributed by atoms with van der Waals surface area (Å²) in [5, 5.41) is 0. The Morgan fingerprint density at radius 3 is 1.15 bits per heavy atom. The second kappa shape index (κ2) is 9.78. The van der Waals surface area contributed by atoms with Gasteiger partial charge in [0.15, 0.2) is 0 Å². The highest BCUT2D eigenvalue weighted by Gasteiger charge is 2.95. The summed E-state index contributed by atoms with van der Waals surface area (Å²) < 4.78 is 225. The topological polar surface area (TPSA) is 0 Å². The van der Waals surface area contributed by atoms with E-state index in [0.29, 0.717) is 6.92 Å². The van der Waals surface area contributed by atoms with Crippen LogP contribution in [0.15, 0.2) is 0 Å². The monoisotopic (exact) mass is 658 g/mol. The molecule has 0 heterocycles. The number of unbranched alkanes of at least 4 members (excludes halogenated alkanes) is 1. The Kier molecular flexibility index (Phi) is 9.64. The van der Waals surface area contributed by atoms with E-state index in [1.807, 2.05) is 0 Å². The van der Waals surface area contributed by atoms with Crippen LogP contribution < -0.4 is 0 Å². The molecule has 2 atom stereocenters. The van der Waals surface area contributed by atoms with E-state index in [1.165, 1.54) is 6.92 Å². The van der Waals surface area contributed by atoms with Crippen LogP contribution in [0.3, 0.4) is 0 Å². The van der Waals surface area contributed by atoms with Crippen LogP contribution in [0.5, 0.6) is 0 Å². The van der Waals surface area contributed by atoms with Gasteiger partial charge in [0.2, 0.25) is 0 Å². The fourth-order valence-corrected chi connectivity index (χ4v) is 4.15. The largest absolute Gasteiger partial charge is 0.460 e. The highest BCUT2D eigenvalue weighted by molar-refractivity contribution is 14.1. The molecule has 0 N–H and O–H groups in total. The molecule has 0 aliphatic carbocycles. The normalized spacial score (nSPS) is 17.6. The van der Waals surface area contributed by atoms with Crippen LogP contribution in [0, 0.1) is 5.92 Å². The molecule has 0 nitrogen and oxygen atoms in total. The fraction of sp³-hybridized carbons (Fsp3) is 1.00. The van der Waals surface area contributed by atoms with Crippen LogP contribution in [0.2, 0.25) is 0 Å². The first-order valence-corrected chi connectivity index (χ1v) is 10.3. The predicted octanol–water partition coefficient (Wildman–Crippen LogP) is 9.02. The number of hydrogen-bond acceptors (Lipinski definition) is 0. The standard InChI is InChI=1S/C16H16F17I/c1-3-5-6-8(34)7(4-2)9(17,18)10(19,20)11(21,22)12(23,24)13(25,26)14(27,28)15(29,30)16(31,32)33/h7-8H,3-6H2,1-2H3. The SMILES string of the molecule is CCCCC(I)C(CC)C(F)(F)C(F)(F)C(F)(F)C(F)(F)C(F)(F)C(F)(F)C(F)(F)C(F)(F)F. The number of halogens is 18. The lowest BCUT2D eigenvalue weighted by atomic mass is 9.82. The highest BCUT2D eigenvalue weighted by atomic mass is 127. The summed E-state index contributed by atoms with van der Waals surface area (Å²) in [5.74, 6) is -58.8. The Bertz CT molecular complexity index is 682. The quantitative estimate of drug-likeness (QED) is 0.112. The van der Waals surface area contributed by atoms with Gasteiger partial charge in [-0.3, -0.25) is 0 Å². The molecule has 0 bridgehead atoms. The summed E-state index contributed by atoms with van der Waals surface area (Å²) in [4.78, 5) is 0. The van der Waals surface area contributed by atoms with Gasteiger partial charge in [-0.05, 0) is 12.8 Å². The van der Waals surface area contributed by atoms with E-state index < -0.39 is 70.3 Å². The highest BCUT2D eigenvalue weighted by Crippen LogP contribution is 2.65. The summed E-state index contributed by atoms with van der Waals surface area (Å²) in [6.07, 6.45) is -9.02. The first kappa shape index (κ1) is 33.5. The summed E-state index contributed by atoms with van der Waals surface area (Å²) in [5.41, 5.74) is 0. The van der Waals surface area contributed by atoms with E-state index in [-0.39, 0.29) is 12.8 Å². The Hall–Kier alpha value is -0.460. The van der Waals surface area contributed by atoms with Gasteiger partial charge in [-0.15, -0.1) is 0 Å². The van der Waals surface area contributed by atoms with Gasteiger partial charge in [0.05, 0.1) is 0 Å². The second-order valence-corrected chi connectivity index (χ2v) is 8.84. The molecule has 0 fully saturated rings. The maximum Gasteiger partial charge on any atom is 0.460 e. The van der Waals surface area contributed by atoms with Gasteiger partial charge in [-0.25, -0.2) is 0 Å². The number of rotatable bonds is 12. The molecular weight excluding hydrogens is 642 g/mol. The van der Waals surface area contributed by atoms with Crippen LogP contribution in [0.1, 0.15) is 39.5 Å². The van der Waals surface area contributed by atoms with Gasteiger partial charge in [0.1, 0.15) is 0 Å². The van der Waals surface area contributed by atoms with Crippen molar-refractivity contribution < 1.29 is 74.6 Å². The van der Waals surface area contributed by atoms with Crippen molar-refractivity contribution in [1.82, 2.24) is 0 Å². The van der Waals surface area contributed by atoms with E-state index in [1.54, 1.807) is 0 Å². The summed E-state index contributed by atoms with van der Waals surface area (Å²) in [6.45, 7) is 2.17. The third-order valence-corrected chi connectivity index (χ3v) is 6.41. The number of alkyl halides is 18. The molecule has 0 radical (unpaired) electrons. The van der Waals surface area contributed by atoms with Crippen molar-refractivity contribution in [3.8, 4) is 0 Å². The molecule has 18 heteroatoms. The van der Waals surface area contributed by atoms with Crippen molar-refractivity contribution >= 4 is 22.6 Å². The lowest BCUT2D eigenvalue weighted by Gasteiger charge is -2.44. The minimum Gasteiger partial charge on any atom is -0.199 e. The molecule has 0 saturated carbocycles. The van der Waals surface area contributed by atoms with Crippen LogP contribution >= 0.6 is 22.6 Å². The van der Waals surface area contributed by atoms with Gasteiger partial charge in [-0.1, -0.05) is 49.3 Å². The molecule has 0 amide bonds. The molecule has 2 unspecified atom stereocenters. The molecule has 0 saturated heterocycles. The Morgan fingerprint density at radius 2 is 0.853 bits per heavy atom.